The highest BCUT2D eigenvalue weighted by Gasteiger charge is 2.39. The molecule has 0 aliphatic carbocycles. The van der Waals surface area contributed by atoms with Gasteiger partial charge in [0.15, 0.2) is 5.82 Å². The van der Waals surface area contributed by atoms with Crippen molar-refractivity contribution in [2.45, 2.75) is 52.3 Å². The molecule has 4 heterocycles. The van der Waals surface area contributed by atoms with Crippen molar-refractivity contribution in [2.75, 3.05) is 23.8 Å². The first-order chi connectivity index (χ1) is 10.5. The van der Waals surface area contributed by atoms with Gasteiger partial charge in [0.05, 0.1) is 22.4 Å². The lowest BCUT2D eigenvalue weighted by molar-refractivity contribution is 0.124. The predicted octanol–water partition coefficient (Wildman–Crippen LogP) is 2.09. The second-order valence-electron chi connectivity index (χ2n) is 6.81. The summed E-state index contributed by atoms with van der Waals surface area (Å²) in [6.07, 6.45) is 2.13. The number of hydrogen-bond acceptors (Lipinski definition) is 5. The summed E-state index contributed by atoms with van der Waals surface area (Å²) in [6, 6.07) is 0. The van der Waals surface area contributed by atoms with E-state index in [4.69, 9.17) is 15.5 Å². The van der Waals surface area contributed by atoms with Gasteiger partial charge in [0, 0.05) is 19.7 Å². The van der Waals surface area contributed by atoms with Crippen LogP contribution in [-0.4, -0.2) is 33.2 Å². The Morgan fingerprint density at radius 2 is 2.14 bits per heavy atom. The lowest BCUT2D eigenvalue weighted by Gasteiger charge is -2.47. The number of rotatable bonds is 3. The third kappa shape index (κ3) is 1.76. The zero-order valence-electron chi connectivity index (χ0n) is 13.5. The zero-order chi connectivity index (χ0) is 15.5. The molecule has 2 aliphatic rings. The monoisotopic (exact) mass is 301 g/mol. The summed E-state index contributed by atoms with van der Waals surface area (Å²) in [4.78, 5) is 11.9. The first-order valence-corrected chi connectivity index (χ1v) is 8.06. The summed E-state index contributed by atoms with van der Waals surface area (Å²) in [5.41, 5.74) is 10.6. The number of hydrogen-bond donors (Lipinski definition) is 1. The quantitative estimate of drug-likeness (QED) is 0.940. The zero-order valence-corrected chi connectivity index (χ0v) is 13.5. The van der Waals surface area contributed by atoms with Crippen molar-refractivity contribution < 1.29 is 4.74 Å². The number of imidazole rings is 1. The maximum atomic E-state index is 6.18. The van der Waals surface area contributed by atoms with Crippen LogP contribution in [0.25, 0.3) is 11.0 Å². The van der Waals surface area contributed by atoms with Gasteiger partial charge in [-0.1, -0.05) is 0 Å². The minimum Gasteiger partial charge on any atom is -0.382 e. The second kappa shape index (κ2) is 4.59. The topological polar surface area (TPSA) is 69.2 Å². The van der Waals surface area contributed by atoms with Crippen molar-refractivity contribution in [3.8, 4) is 0 Å². The molecule has 0 fully saturated rings. The van der Waals surface area contributed by atoms with E-state index in [9.17, 15) is 0 Å². The molecule has 0 spiro atoms. The van der Waals surface area contributed by atoms with E-state index in [1.807, 2.05) is 6.92 Å². The largest absolute Gasteiger partial charge is 0.382 e. The van der Waals surface area contributed by atoms with E-state index in [1.54, 1.807) is 0 Å². The average molecular weight is 301 g/mol. The molecule has 0 saturated carbocycles. The van der Waals surface area contributed by atoms with Gasteiger partial charge in [-0.05, 0) is 33.6 Å². The first kappa shape index (κ1) is 13.8. The van der Waals surface area contributed by atoms with Crippen LogP contribution in [0.1, 0.15) is 38.7 Å². The number of nitrogens with zero attached hydrogens (tertiary/aromatic N) is 4. The average Bonchev–Trinajstić information content (AvgIpc) is 2.83. The highest BCUT2D eigenvalue weighted by Crippen LogP contribution is 2.44. The van der Waals surface area contributed by atoms with Crippen molar-refractivity contribution in [3.05, 3.63) is 11.5 Å². The predicted molar refractivity (Wildman–Crippen MR) is 87.0 cm³/mol. The molecule has 2 N–H and O–H groups in total. The maximum Gasteiger partial charge on any atom is 0.152 e. The molecule has 6 heteroatoms. The fourth-order valence-corrected chi connectivity index (χ4v) is 3.83. The minimum atomic E-state index is 0.0502. The molecule has 6 nitrogen and oxygen atoms in total. The van der Waals surface area contributed by atoms with Crippen molar-refractivity contribution >= 4 is 22.5 Å². The fourth-order valence-electron chi connectivity index (χ4n) is 3.83. The summed E-state index contributed by atoms with van der Waals surface area (Å²) in [7, 11) is 0. The Morgan fingerprint density at radius 1 is 1.32 bits per heavy atom. The van der Waals surface area contributed by atoms with Crippen LogP contribution in [0.3, 0.4) is 0 Å². The number of nitrogen functional groups attached to an aromatic ring is 1. The van der Waals surface area contributed by atoms with Crippen LogP contribution in [0.2, 0.25) is 0 Å². The van der Waals surface area contributed by atoms with Crippen LogP contribution in [-0.2, 0) is 24.3 Å². The molecule has 0 bridgehead atoms. The van der Waals surface area contributed by atoms with Gasteiger partial charge in [0.2, 0.25) is 0 Å². The molecule has 22 heavy (non-hydrogen) atoms. The first-order valence-electron chi connectivity index (χ1n) is 8.06. The van der Waals surface area contributed by atoms with E-state index < -0.39 is 0 Å². The smallest absolute Gasteiger partial charge is 0.152 e. The van der Waals surface area contributed by atoms with E-state index in [0.29, 0.717) is 19.0 Å². The van der Waals surface area contributed by atoms with Crippen LogP contribution in [0, 0.1) is 0 Å². The van der Waals surface area contributed by atoms with E-state index >= 15 is 0 Å². The van der Waals surface area contributed by atoms with Crippen molar-refractivity contribution in [3.63, 3.8) is 0 Å². The maximum absolute atomic E-state index is 6.18. The van der Waals surface area contributed by atoms with Gasteiger partial charge in [0.25, 0.3) is 0 Å². The third-order valence-corrected chi connectivity index (χ3v) is 4.82. The van der Waals surface area contributed by atoms with Crippen molar-refractivity contribution in [1.29, 1.82) is 0 Å². The number of anilines is 2. The highest BCUT2D eigenvalue weighted by atomic mass is 16.5. The van der Waals surface area contributed by atoms with Gasteiger partial charge in [-0.25, -0.2) is 9.97 Å². The SMILES string of the molecule is CCOCc1nc2c(N)nc3c4c2n1CC(C)(C)N4CCC3. The molecule has 0 amide bonds. The number of nitrogens with two attached hydrogens (primary N) is 1. The molecule has 118 valence electrons. The lowest BCUT2D eigenvalue weighted by atomic mass is 9.93. The molecule has 0 radical (unpaired) electrons. The van der Waals surface area contributed by atoms with E-state index in [2.05, 4.69) is 28.3 Å². The summed E-state index contributed by atoms with van der Waals surface area (Å²) in [5, 5.41) is 0. The van der Waals surface area contributed by atoms with Crippen LogP contribution in [0.4, 0.5) is 11.5 Å². The molecule has 0 aromatic carbocycles. The van der Waals surface area contributed by atoms with Gasteiger partial charge in [-0.3, -0.25) is 0 Å². The van der Waals surface area contributed by atoms with Crippen LogP contribution < -0.4 is 10.6 Å². The van der Waals surface area contributed by atoms with Crippen LogP contribution >= 0.6 is 0 Å². The van der Waals surface area contributed by atoms with E-state index in [-0.39, 0.29) is 5.54 Å². The molecule has 0 saturated heterocycles. The van der Waals surface area contributed by atoms with Gasteiger partial charge in [-0.2, -0.15) is 0 Å². The van der Waals surface area contributed by atoms with Crippen molar-refractivity contribution in [2.24, 2.45) is 0 Å². The Labute approximate surface area is 130 Å². The standard InChI is InChI=1S/C16H23N5O/c1-4-22-8-11-19-12-14-13-10(18-15(12)17)6-5-7-21(13)16(2,3)9-20(11)14/h4-9H2,1-3H3,(H2,17,18). The molecule has 2 aromatic rings. The summed E-state index contributed by atoms with van der Waals surface area (Å²) < 4.78 is 7.90. The Morgan fingerprint density at radius 3 is 2.91 bits per heavy atom. The van der Waals surface area contributed by atoms with Gasteiger partial charge in [-0.15, -0.1) is 0 Å². The fraction of sp³-hybridized carbons (Fsp3) is 0.625. The minimum absolute atomic E-state index is 0.0502. The molecule has 2 aromatic heterocycles. The van der Waals surface area contributed by atoms with Crippen molar-refractivity contribution in [1.82, 2.24) is 14.5 Å². The van der Waals surface area contributed by atoms with Crippen LogP contribution in [0.15, 0.2) is 0 Å². The molecule has 0 atom stereocenters. The molecule has 2 aliphatic heterocycles. The lowest BCUT2D eigenvalue weighted by Crippen LogP contribution is -2.52. The van der Waals surface area contributed by atoms with E-state index in [0.717, 1.165) is 48.5 Å². The summed E-state index contributed by atoms with van der Waals surface area (Å²) >= 11 is 0. The van der Waals surface area contributed by atoms with Gasteiger partial charge in [0.1, 0.15) is 17.9 Å². The summed E-state index contributed by atoms with van der Waals surface area (Å²) in [5.74, 6) is 1.50. The number of aromatic nitrogens is 3. The Hall–Kier alpha value is -1.82. The molecule has 0 unspecified atom stereocenters. The Balaban J connectivity index is 2.01. The number of ether oxygens (including phenoxy) is 1. The Bertz CT molecular complexity index is 749. The van der Waals surface area contributed by atoms with Crippen LogP contribution in [0.5, 0.6) is 0 Å². The normalized spacial score (nSPS) is 19.0. The third-order valence-electron chi connectivity index (χ3n) is 4.82. The molecule has 4 rings (SSSR count). The second-order valence-corrected chi connectivity index (χ2v) is 6.81. The molecular formula is C16H23N5O. The number of aryl methyl sites for hydroxylation is 1. The molecular weight excluding hydrogens is 278 g/mol. The van der Waals surface area contributed by atoms with Gasteiger partial charge >= 0.3 is 0 Å². The number of pyridine rings is 1. The highest BCUT2D eigenvalue weighted by molar-refractivity contribution is 5.98. The summed E-state index contributed by atoms with van der Waals surface area (Å²) in [6.45, 7) is 9.77. The van der Waals surface area contributed by atoms with Gasteiger partial charge < -0.3 is 19.9 Å². The Kier molecular flexibility index (Phi) is 2.88. The van der Waals surface area contributed by atoms with E-state index in [1.165, 1.54) is 5.69 Å².